The second-order valence-corrected chi connectivity index (χ2v) is 4.68. The van der Waals surface area contributed by atoms with E-state index < -0.39 is 0 Å². The molecule has 3 aromatic rings. The molecule has 0 saturated carbocycles. The molecule has 0 unspecified atom stereocenters. The first-order valence-corrected chi connectivity index (χ1v) is 6.40. The van der Waals surface area contributed by atoms with Gasteiger partial charge < -0.3 is 10.3 Å². The van der Waals surface area contributed by atoms with Crippen LogP contribution < -0.4 is 5.32 Å². The standard InChI is InChI=1S/C11H9ClN4S/c12-11-15-9-8(1-3-13-9)10(16-11)14-5-7-2-4-17-6-7/h1-4,6H,5H2,(H2,13,14,15,16). The van der Waals surface area contributed by atoms with Crippen molar-refractivity contribution < 1.29 is 0 Å². The summed E-state index contributed by atoms with van der Waals surface area (Å²) in [6.07, 6.45) is 1.82. The van der Waals surface area contributed by atoms with Crippen LogP contribution in [0.15, 0.2) is 29.1 Å². The third-order valence-corrected chi connectivity index (χ3v) is 3.33. The minimum absolute atomic E-state index is 0.243. The zero-order chi connectivity index (χ0) is 11.7. The van der Waals surface area contributed by atoms with Crippen molar-refractivity contribution in [2.75, 3.05) is 5.32 Å². The first kappa shape index (κ1) is 10.6. The summed E-state index contributed by atoms with van der Waals surface area (Å²) in [7, 11) is 0. The normalized spacial score (nSPS) is 10.9. The summed E-state index contributed by atoms with van der Waals surface area (Å²) >= 11 is 7.54. The Labute approximate surface area is 107 Å². The number of nitrogens with one attached hydrogen (secondary N) is 2. The second-order valence-electron chi connectivity index (χ2n) is 3.57. The van der Waals surface area contributed by atoms with Gasteiger partial charge in [0.15, 0.2) is 0 Å². The lowest BCUT2D eigenvalue weighted by Gasteiger charge is -2.05. The Morgan fingerprint density at radius 2 is 2.29 bits per heavy atom. The molecule has 0 aliphatic heterocycles. The largest absolute Gasteiger partial charge is 0.365 e. The van der Waals surface area contributed by atoms with E-state index in [0.717, 1.165) is 23.4 Å². The molecule has 0 spiro atoms. The summed E-state index contributed by atoms with van der Waals surface area (Å²) in [6.45, 7) is 0.733. The van der Waals surface area contributed by atoms with Gasteiger partial charge in [0.2, 0.25) is 5.28 Å². The molecule has 0 radical (unpaired) electrons. The molecular formula is C11H9ClN4S. The van der Waals surface area contributed by atoms with E-state index >= 15 is 0 Å². The number of thiophene rings is 1. The number of anilines is 1. The van der Waals surface area contributed by atoms with Crippen molar-refractivity contribution >= 4 is 39.8 Å². The van der Waals surface area contributed by atoms with Crippen LogP contribution in [0.1, 0.15) is 5.56 Å². The fourth-order valence-corrected chi connectivity index (χ4v) is 2.47. The summed E-state index contributed by atoms with van der Waals surface area (Å²) in [4.78, 5) is 11.3. The van der Waals surface area contributed by atoms with Crippen LogP contribution in [0.5, 0.6) is 0 Å². The minimum atomic E-state index is 0.243. The van der Waals surface area contributed by atoms with Gasteiger partial charge in [-0.1, -0.05) is 0 Å². The number of aromatic nitrogens is 3. The van der Waals surface area contributed by atoms with Crippen molar-refractivity contribution in [1.29, 1.82) is 0 Å². The molecule has 3 rings (SSSR count). The summed E-state index contributed by atoms with van der Waals surface area (Å²) < 4.78 is 0. The van der Waals surface area contributed by atoms with Crippen LogP contribution in [0.25, 0.3) is 11.0 Å². The third kappa shape index (κ3) is 2.11. The van der Waals surface area contributed by atoms with E-state index in [4.69, 9.17) is 11.6 Å². The Balaban J connectivity index is 1.91. The van der Waals surface area contributed by atoms with Crippen LogP contribution in [0.3, 0.4) is 0 Å². The van der Waals surface area contributed by atoms with Crippen molar-refractivity contribution in [3.63, 3.8) is 0 Å². The van der Waals surface area contributed by atoms with Gasteiger partial charge in [-0.15, -0.1) is 0 Å². The summed E-state index contributed by atoms with van der Waals surface area (Å²) in [6, 6.07) is 4.01. The lowest BCUT2D eigenvalue weighted by atomic mass is 10.3. The van der Waals surface area contributed by atoms with Crippen molar-refractivity contribution in [3.05, 3.63) is 39.9 Å². The number of rotatable bonds is 3. The van der Waals surface area contributed by atoms with E-state index in [1.54, 1.807) is 11.3 Å². The zero-order valence-corrected chi connectivity index (χ0v) is 10.3. The molecule has 3 heterocycles. The van der Waals surface area contributed by atoms with E-state index in [0.29, 0.717) is 0 Å². The number of hydrogen-bond donors (Lipinski definition) is 2. The van der Waals surface area contributed by atoms with E-state index in [1.165, 1.54) is 5.56 Å². The molecule has 0 atom stereocenters. The third-order valence-electron chi connectivity index (χ3n) is 2.43. The number of halogens is 1. The van der Waals surface area contributed by atoms with Gasteiger partial charge in [-0.25, -0.2) is 4.98 Å². The Hall–Kier alpha value is -1.59. The van der Waals surface area contributed by atoms with E-state index in [9.17, 15) is 0 Å². The summed E-state index contributed by atoms with van der Waals surface area (Å²) in [5, 5.41) is 8.61. The highest BCUT2D eigenvalue weighted by atomic mass is 35.5. The number of fused-ring (bicyclic) bond motifs is 1. The van der Waals surface area contributed by atoms with Gasteiger partial charge in [-0.05, 0) is 40.1 Å². The number of H-pyrrole nitrogens is 1. The lowest BCUT2D eigenvalue weighted by molar-refractivity contribution is 1.11. The maximum atomic E-state index is 5.86. The molecule has 6 heteroatoms. The van der Waals surface area contributed by atoms with Gasteiger partial charge in [0.25, 0.3) is 0 Å². The molecule has 2 N–H and O–H groups in total. The van der Waals surface area contributed by atoms with Crippen molar-refractivity contribution in [3.8, 4) is 0 Å². The molecule has 86 valence electrons. The highest BCUT2D eigenvalue weighted by Gasteiger charge is 2.07. The summed E-state index contributed by atoms with van der Waals surface area (Å²) in [5.41, 5.74) is 1.98. The first-order chi connectivity index (χ1) is 8.33. The van der Waals surface area contributed by atoms with Crippen LogP contribution in [0.2, 0.25) is 5.28 Å². The molecule has 3 aromatic heterocycles. The Kier molecular flexibility index (Phi) is 2.70. The van der Waals surface area contributed by atoms with Crippen molar-refractivity contribution in [1.82, 2.24) is 15.0 Å². The maximum Gasteiger partial charge on any atom is 0.226 e. The maximum absolute atomic E-state index is 5.86. The van der Waals surface area contributed by atoms with Gasteiger partial charge in [0.05, 0.1) is 5.39 Å². The van der Waals surface area contributed by atoms with E-state index in [2.05, 4.69) is 37.1 Å². The SMILES string of the molecule is Clc1nc(NCc2ccsc2)c2cc[nH]c2n1. The first-order valence-electron chi connectivity index (χ1n) is 5.08. The Morgan fingerprint density at radius 3 is 3.12 bits per heavy atom. The molecule has 0 aliphatic rings. The van der Waals surface area contributed by atoms with E-state index in [1.807, 2.05) is 12.3 Å². The molecule has 0 saturated heterocycles. The molecular weight excluding hydrogens is 256 g/mol. The van der Waals surface area contributed by atoms with Crippen LogP contribution in [0, 0.1) is 0 Å². The quantitative estimate of drug-likeness (QED) is 0.714. The molecule has 0 bridgehead atoms. The van der Waals surface area contributed by atoms with Gasteiger partial charge in [0.1, 0.15) is 11.5 Å². The average molecular weight is 265 g/mol. The monoisotopic (exact) mass is 264 g/mol. The van der Waals surface area contributed by atoms with Gasteiger partial charge in [-0.3, -0.25) is 0 Å². The van der Waals surface area contributed by atoms with Crippen molar-refractivity contribution in [2.45, 2.75) is 6.54 Å². The Bertz CT molecular complexity index is 632. The Morgan fingerprint density at radius 1 is 1.35 bits per heavy atom. The van der Waals surface area contributed by atoms with Crippen LogP contribution in [0.4, 0.5) is 5.82 Å². The second kappa shape index (κ2) is 4.35. The molecule has 4 nitrogen and oxygen atoms in total. The molecule has 0 amide bonds. The molecule has 17 heavy (non-hydrogen) atoms. The van der Waals surface area contributed by atoms with E-state index in [-0.39, 0.29) is 5.28 Å². The molecule has 0 fully saturated rings. The molecule has 0 aliphatic carbocycles. The van der Waals surface area contributed by atoms with Gasteiger partial charge >= 0.3 is 0 Å². The highest BCUT2D eigenvalue weighted by molar-refractivity contribution is 7.07. The summed E-state index contributed by atoms with van der Waals surface area (Å²) in [5.74, 6) is 0.757. The number of nitrogens with zero attached hydrogens (tertiary/aromatic N) is 2. The molecule has 0 aromatic carbocycles. The fraction of sp³-hybridized carbons (Fsp3) is 0.0909. The number of hydrogen-bond acceptors (Lipinski definition) is 4. The zero-order valence-electron chi connectivity index (χ0n) is 8.77. The van der Waals surface area contributed by atoms with Crippen molar-refractivity contribution in [2.24, 2.45) is 0 Å². The van der Waals surface area contributed by atoms with Gasteiger partial charge in [0, 0.05) is 12.7 Å². The fourth-order valence-electron chi connectivity index (χ4n) is 1.63. The predicted octanol–water partition coefficient (Wildman–Crippen LogP) is 3.28. The minimum Gasteiger partial charge on any atom is -0.365 e. The average Bonchev–Trinajstić information content (AvgIpc) is 2.95. The van der Waals surface area contributed by atoms with Crippen LogP contribution in [-0.2, 0) is 6.54 Å². The number of aromatic amines is 1. The smallest absolute Gasteiger partial charge is 0.226 e. The lowest BCUT2D eigenvalue weighted by Crippen LogP contribution is -2.01. The topological polar surface area (TPSA) is 53.6 Å². The highest BCUT2D eigenvalue weighted by Crippen LogP contribution is 2.21. The van der Waals surface area contributed by atoms with Crippen LogP contribution in [-0.4, -0.2) is 15.0 Å². The van der Waals surface area contributed by atoms with Crippen LogP contribution >= 0.6 is 22.9 Å². The van der Waals surface area contributed by atoms with Gasteiger partial charge in [-0.2, -0.15) is 16.3 Å². The predicted molar refractivity (Wildman–Crippen MR) is 70.5 cm³/mol.